The molecule has 1 saturated heterocycles. The minimum absolute atomic E-state index is 0.0433. The zero-order chi connectivity index (χ0) is 19.2. The number of carbonyl (C=O) groups excluding carboxylic acids is 2. The second kappa shape index (κ2) is 9.08. The summed E-state index contributed by atoms with van der Waals surface area (Å²) < 4.78 is 11.4. The molecule has 1 aliphatic heterocycles. The van der Waals surface area contributed by atoms with E-state index < -0.39 is 0 Å². The normalized spacial score (nSPS) is 19.5. The molecule has 0 bridgehead atoms. The molecule has 3 rings (SSSR count). The van der Waals surface area contributed by atoms with Crippen LogP contribution in [0.15, 0.2) is 24.3 Å². The standard InChI is InChI=1S/C20H29N3O4/c1-3-26-19-7-5-4-6-16(19)13-23(17-8-9-17)20(25)21-12-18-14-22(15(2)24)10-11-27-18/h4-7,17-18H,3,8-14H2,1-2H3,(H,21,25). The fraction of sp³-hybridized carbons (Fsp3) is 0.600. The van der Waals surface area contributed by atoms with Crippen molar-refractivity contribution in [1.29, 1.82) is 0 Å². The van der Waals surface area contributed by atoms with Crippen molar-refractivity contribution >= 4 is 11.9 Å². The summed E-state index contributed by atoms with van der Waals surface area (Å²) in [6, 6.07) is 8.04. The minimum atomic E-state index is -0.164. The van der Waals surface area contributed by atoms with Crippen LogP contribution in [0.4, 0.5) is 4.79 Å². The third-order valence-electron chi connectivity index (χ3n) is 4.93. The van der Waals surface area contributed by atoms with Gasteiger partial charge in [-0.05, 0) is 25.8 Å². The quantitative estimate of drug-likeness (QED) is 0.791. The van der Waals surface area contributed by atoms with Crippen LogP contribution in [-0.2, 0) is 16.1 Å². The molecule has 0 aromatic heterocycles. The van der Waals surface area contributed by atoms with E-state index in [1.165, 1.54) is 0 Å². The maximum absolute atomic E-state index is 12.8. The molecule has 2 aliphatic rings. The highest BCUT2D eigenvalue weighted by Crippen LogP contribution is 2.30. The van der Waals surface area contributed by atoms with Crippen molar-refractivity contribution < 1.29 is 19.1 Å². The molecule has 27 heavy (non-hydrogen) atoms. The van der Waals surface area contributed by atoms with E-state index in [4.69, 9.17) is 9.47 Å². The van der Waals surface area contributed by atoms with Gasteiger partial charge in [-0.25, -0.2) is 4.79 Å². The monoisotopic (exact) mass is 375 g/mol. The Labute approximate surface area is 160 Å². The summed E-state index contributed by atoms with van der Waals surface area (Å²) in [5.41, 5.74) is 1.01. The summed E-state index contributed by atoms with van der Waals surface area (Å²) in [5.74, 6) is 0.868. The Morgan fingerprint density at radius 3 is 2.81 bits per heavy atom. The van der Waals surface area contributed by atoms with E-state index in [9.17, 15) is 9.59 Å². The Morgan fingerprint density at radius 1 is 1.33 bits per heavy atom. The second-order valence-electron chi connectivity index (χ2n) is 7.04. The van der Waals surface area contributed by atoms with Gasteiger partial charge in [0.1, 0.15) is 5.75 Å². The number of carbonyl (C=O) groups is 2. The van der Waals surface area contributed by atoms with Gasteiger partial charge < -0.3 is 24.6 Å². The molecule has 1 unspecified atom stereocenters. The van der Waals surface area contributed by atoms with Crippen molar-refractivity contribution in [2.75, 3.05) is 32.8 Å². The van der Waals surface area contributed by atoms with Crippen LogP contribution < -0.4 is 10.1 Å². The lowest BCUT2D eigenvalue weighted by atomic mass is 10.2. The zero-order valence-electron chi connectivity index (χ0n) is 16.1. The molecule has 1 aliphatic carbocycles. The molecule has 7 heteroatoms. The van der Waals surface area contributed by atoms with E-state index in [0.717, 1.165) is 24.2 Å². The first-order valence-corrected chi connectivity index (χ1v) is 9.70. The van der Waals surface area contributed by atoms with Gasteiger partial charge >= 0.3 is 6.03 Å². The van der Waals surface area contributed by atoms with Gasteiger partial charge in [0.05, 0.1) is 25.9 Å². The van der Waals surface area contributed by atoms with Gasteiger partial charge in [-0.2, -0.15) is 0 Å². The highest BCUT2D eigenvalue weighted by Gasteiger charge is 2.33. The van der Waals surface area contributed by atoms with E-state index in [2.05, 4.69) is 5.32 Å². The number of hydrogen-bond donors (Lipinski definition) is 1. The van der Waals surface area contributed by atoms with Crippen molar-refractivity contribution in [2.45, 2.75) is 45.4 Å². The van der Waals surface area contributed by atoms with Crippen LogP contribution in [0.5, 0.6) is 5.75 Å². The van der Waals surface area contributed by atoms with Crippen LogP contribution >= 0.6 is 0 Å². The minimum Gasteiger partial charge on any atom is -0.494 e. The molecule has 1 atom stereocenters. The number of urea groups is 1. The number of nitrogens with one attached hydrogen (secondary N) is 1. The lowest BCUT2D eigenvalue weighted by Gasteiger charge is -2.33. The summed E-state index contributed by atoms with van der Waals surface area (Å²) >= 11 is 0. The summed E-state index contributed by atoms with van der Waals surface area (Å²) in [6.07, 6.45) is 1.90. The molecule has 1 N–H and O–H groups in total. The number of nitrogens with zero attached hydrogens (tertiary/aromatic N) is 2. The molecular weight excluding hydrogens is 346 g/mol. The Balaban J connectivity index is 1.57. The van der Waals surface area contributed by atoms with Gasteiger partial charge in [-0.3, -0.25) is 4.79 Å². The van der Waals surface area contributed by atoms with Crippen LogP contribution in [0, 0.1) is 0 Å². The summed E-state index contributed by atoms with van der Waals surface area (Å²) in [7, 11) is 0. The fourth-order valence-corrected chi connectivity index (χ4v) is 3.30. The van der Waals surface area contributed by atoms with Gasteiger partial charge in [0.2, 0.25) is 5.91 Å². The highest BCUT2D eigenvalue weighted by atomic mass is 16.5. The highest BCUT2D eigenvalue weighted by molar-refractivity contribution is 5.75. The molecule has 0 spiro atoms. The molecular formula is C20H29N3O4. The SMILES string of the molecule is CCOc1ccccc1CN(C(=O)NCC1CN(C(C)=O)CCO1)C1CC1. The van der Waals surface area contributed by atoms with Gasteiger partial charge in [0, 0.05) is 38.2 Å². The molecule has 1 saturated carbocycles. The number of ether oxygens (including phenoxy) is 2. The predicted molar refractivity (Wildman–Crippen MR) is 102 cm³/mol. The number of morpholine rings is 1. The van der Waals surface area contributed by atoms with Gasteiger partial charge in [-0.1, -0.05) is 18.2 Å². The smallest absolute Gasteiger partial charge is 0.318 e. The van der Waals surface area contributed by atoms with Gasteiger partial charge in [0.15, 0.2) is 0 Å². The van der Waals surface area contributed by atoms with Crippen LogP contribution in [0.25, 0.3) is 0 Å². The number of amides is 3. The summed E-state index contributed by atoms with van der Waals surface area (Å²) in [6.45, 7) is 6.68. The fourth-order valence-electron chi connectivity index (χ4n) is 3.30. The van der Waals surface area contributed by atoms with Crippen molar-refractivity contribution in [2.24, 2.45) is 0 Å². The second-order valence-corrected chi connectivity index (χ2v) is 7.04. The Hall–Kier alpha value is -2.28. The van der Waals surface area contributed by atoms with Crippen LogP contribution in [0.1, 0.15) is 32.3 Å². The number of benzene rings is 1. The van der Waals surface area contributed by atoms with Crippen molar-refractivity contribution in [3.05, 3.63) is 29.8 Å². The van der Waals surface area contributed by atoms with E-state index in [0.29, 0.717) is 39.4 Å². The van der Waals surface area contributed by atoms with Crippen molar-refractivity contribution in [1.82, 2.24) is 15.1 Å². The Kier molecular flexibility index (Phi) is 6.55. The molecule has 1 heterocycles. The first-order chi connectivity index (χ1) is 13.1. The molecule has 1 aromatic carbocycles. The van der Waals surface area contributed by atoms with Crippen LogP contribution in [-0.4, -0.2) is 66.7 Å². The molecule has 148 valence electrons. The largest absolute Gasteiger partial charge is 0.494 e. The van der Waals surface area contributed by atoms with Crippen molar-refractivity contribution in [3.8, 4) is 5.75 Å². The van der Waals surface area contributed by atoms with Crippen LogP contribution in [0.3, 0.4) is 0 Å². The average Bonchev–Trinajstić information content (AvgIpc) is 3.51. The third-order valence-corrected chi connectivity index (χ3v) is 4.93. The lowest BCUT2D eigenvalue weighted by Crippen LogP contribution is -2.51. The average molecular weight is 375 g/mol. The predicted octanol–water partition coefficient (Wildman–Crippen LogP) is 2.01. The number of hydrogen-bond acceptors (Lipinski definition) is 4. The number of para-hydroxylation sites is 1. The molecule has 3 amide bonds. The molecule has 2 fully saturated rings. The summed E-state index contributed by atoms with van der Waals surface area (Å²) in [5, 5.41) is 2.99. The lowest BCUT2D eigenvalue weighted by molar-refractivity contribution is -0.136. The van der Waals surface area contributed by atoms with Crippen LogP contribution in [0.2, 0.25) is 0 Å². The molecule has 7 nitrogen and oxygen atoms in total. The Morgan fingerprint density at radius 2 is 2.11 bits per heavy atom. The number of rotatable bonds is 7. The van der Waals surface area contributed by atoms with E-state index in [1.54, 1.807) is 11.8 Å². The van der Waals surface area contributed by atoms with Crippen molar-refractivity contribution in [3.63, 3.8) is 0 Å². The zero-order valence-corrected chi connectivity index (χ0v) is 16.1. The van der Waals surface area contributed by atoms with E-state index >= 15 is 0 Å². The Bertz CT molecular complexity index is 662. The summed E-state index contributed by atoms with van der Waals surface area (Å²) in [4.78, 5) is 28.0. The van der Waals surface area contributed by atoms with E-state index in [-0.39, 0.29) is 24.1 Å². The molecule has 0 radical (unpaired) electrons. The topological polar surface area (TPSA) is 71.1 Å². The third kappa shape index (κ3) is 5.35. The first-order valence-electron chi connectivity index (χ1n) is 9.70. The van der Waals surface area contributed by atoms with Gasteiger partial charge in [-0.15, -0.1) is 0 Å². The van der Waals surface area contributed by atoms with Gasteiger partial charge in [0.25, 0.3) is 0 Å². The first kappa shape index (κ1) is 19.5. The maximum Gasteiger partial charge on any atom is 0.318 e. The maximum atomic E-state index is 12.8. The van der Waals surface area contributed by atoms with E-state index in [1.807, 2.05) is 36.1 Å². The molecule has 1 aromatic rings.